The van der Waals surface area contributed by atoms with Gasteiger partial charge in [-0.15, -0.1) is 0 Å². The van der Waals surface area contributed by atoms with Gasteiger partial charge >= 0.3 is 6.18 Å². The molecule has 0 spiro atoms. The van der Waals surface area contributed by atoms with Gasteiger partial charge in [0.05, 0.1) is 12.1 Å². The van der Waals surface area contributed by atoms with Gasteiger partial charge in [0, 0.05) is 25.3 Å². The largest absolute Gasteiger partial charge is 0.416 e. The van der Waals surface area contributed by atoms with Gasteiger partial charge in [-0.25, -0.2) is 0 Å². The maximum absolute atomic E-state index is 12.8. The number of carbonyl (C=O) groups excluding carboxylic acids is 1. The zero-order chi connectivity index (χ0) is 14.8. The lowest BCUT2D eigenvalue weighted by atomic mass is 10.1. The average Bonchev–Trinajstić information content (AvgIpc) is 2.61. The van der Waals surface area contributed by atoms with Gasteiger partial charge in [-0.2, -0.15) is 13.2 Å². The van der Waals surface area contributed by atoms with Crippen LogP contribution in [0.5, 0.6) is 0 Å². The predicted octanol–water partition coefficient (Wildman–Crippen LogP) is 1.49. The predicted molar refractivity (Wildman–Crippen MR) is 69.2 cm³/mol. The van der Waals surface area contributed by atoms with E-state index in [1.807, 2.05) is 0 Å². The Bertz CT molecular complexity index is 502. The molecule has 1 aliphatic heterocycles. The molecule has 7 heteroatoms. The van der Waals surface area contributed by atoms with Crippen LogP contribution in [0.3, 0.4) is 0 Å². The fraction of sp³-hybridized carbons (Fsp3) is 0.462. The van der Waals surface area contributed by atoms with E-state index in [9.17, 15) is 18.0 Å². The summed E-state index contributed by atoms with van der Waals surface area (Å²) in [6.45, 7) is 1.16. The van der Waals surface area contributed by atoms with Crippen LogP contribution < -0.4 is 16.0 Å². The minimum atomic E-state index is -4.41. The summed E-state index contributed by atoms with van der Waals surface area (Å²) in [7, 11) is 0. The number of halogens is 3. The Balaban J connectivity index is 2.31. The SMILES string of the molecule is NCc1cc(N2CCCNC(=O)C2)ccc1C(F)(F)F. The van der Waals surface area contributed by atoms with Crippen LogP contribution in [-0.4, -0.2) is 25.5 Å². The monoisotopic (exact) mass is 287 g/mol. The van der Waals surface area contributed by atoms with Crippen LogP contribution in [0.2, 0.25) is 0 Å². The summed E-state index contributed by atoms with van der Waals surface area (Å²) in [5.41, 5.74) is 5.32. The lowest BCUT2D eigenvalue weighted by Crippen LogP contribution is -2.33. The first kappa shape index (κ1) is 14.6. The second-order valence-corrected chi connectivity index (χ2v) is 4.67. The Morgan fingerprint density at radius 2 is 2.10 bits per heavy atom. The molecule has 0 atom stereocenters. The molecule has 1 saturated heterocycles. The molecule has 1 fully saturated rings. The molecule has 1 aromatic carbocycles. The minimum Gasteiger partial charge on any atom is -0.362 e. The molecule has 3 N–H and O–H groups in total. The van der Waals surface area contributed by atoms with Crippen molar-refractivity contribution >= 4 is 11.6 Å². The van der Waals surface area contributed by atoms with E-state index in [0.29, 0.717) is 18.8 Å². The molecule has 1 amide bonds. The van der Waals surface area contributed by atoms with Gasteiger partial charge in [0.1, 0.15) is 0 Å². The Labute approximate surface area is 114 Å². The lowest BCUT2D eigenvalue weighted by molar-refractivity contribution is -0.138. The number of rotatable bonds is 2. The normalized spacial score (nSPS) is 16.8. The van der Waals surface area contributed by atoms with Crippen LogP contribution in [0.25, 0.3) is 0 Å². The first-order chi connectivity index (χ1) is 9.41. The van der Waals surface area contributed by atoms with E-state index >= 15 is 0 Å². The van der Waals surface area contributed by atoms with E-state index < -0.39 is 11.7 Å². The fourth-order valence-electron chi connectivity index (χ4n) is 2.25. The second-order valence-electron chi connectivity index (χ2n) is 4.67. The zero-order valence-electron chi connectivity index (χ0n) is 10.8. The van der Waals surface area contributed by atoms with E-state index in [-0.39, 0.29) is 24.6 Å². The summed E-state index contributed by atoms with van der Waals surface area (Å²) in [6.07, 6.45) is -3.66. The first-order valence-corrected chi connectivity index (χ1v) is 6.33. The number of hydrogen-bond acceptors (Lipinski definition) is 3. The maximum Gasteiger partial charge on any atom is 0.416 e. The smallest absolute Gasteiger partial charge is 0.362 e. The number of hydrogen-bond donors (Lipinski definition) is 2. The van der Waals surface area contributed by atoms with Crippen LogP contribution in [0.1, 0.15) is 17.5 Å². The van der Waals surface area contributed by atoms with E-state index in [2.05, 4.69) is 5.32 Å². The fourth-order valence-corrected chi connectivity index (χ4v) is 2.25. The van der Waals surface area contributed by atoms with E-state index in [0.717, 1.165) is 12.5 Å². The van der Waals surface area contributed by atoms with Crippen molar-refractivity contribution in [2.45, 2.75) is 19.1 Å². The quantitative estimate of drug-likeness (QED) is 0.866. The minimum absolute atomic E-state index is 0.0413. The molecule has 110 valence electrons. The molecule has 1 aromatic rings. The highest BCUT2D eigenvalue weighted by Gasteiger charge is 2.33. The van der Waals surface area contributed by atoms with Crippen molar-refractivity contribution in [1.29, 1.82) is 0 Å². The van der Waals surface area contributed by atoms with Crippen molar-refractivity contribution in [2.24, 2.45) is 5.73 Å². The number of alkyl halides is 3. The van der Waals surface area contributed by atoms with Crippen molar-refractivity contribution in [1.82, 2.24) is 5.32 Å². The van der Waals surface area contributed by atoms with Crippen molar-refractivity contribution in [3.8, 4) is 0 Å². The Kier molecular flexibility index (Phi) is 4.17. The highest BCUT2D eigenvalue weighted by Crippen LogP contribution is 2.34. The van der Waals surface area contributed by atoms with Crippen molar-refractivity contribution in [2.75, 3.05) is 24.5 Å². The molecular formula is C13H16F3N3O. The van der Waals surface area contributed by atoms with Gasteiger partial charge in [0.15, 0.2) is 0 Å². The molecule has 0 saturated carbocycles. The van der Waals surface area contributed by atoms with Crippen molar-refractivity contribution in [3.63, 3.8) is 0 Å². The number of nitrogens with zero attached hydrogens (tertiary/aromatic N) is 1. The van der Waals surface area contributed by atoms with Gasteiger partial charge in [-0.1, -0.05) is 0 Å². The molecule has 0 radical (unpaired) electrons. The standard InChI is InChI=1S/C13H16F3N3O/c14-13(15,16)11-3-2-10(6-9(11)7-17)19-5-1-4-18-12(20)8-19/h2-3,6H,1,4-5,7-8,17H2,(H,18,20). The van der Waals surface area contributed by atoms with Crippen LogP contribution in [-0.2, 0) is 17.5 Å². The van der Waals surface area contributed by atoms with Gasteiger partial charge < -0.3 is 16.0 Å². The van der Waals surface area contributed by atoms with Gasteiger partial charge in [0.2, 0.25) is 5.91 Å². The van der Waals surface area contributed by atoms with Gasteiger partial charge in [-0.3, -0.25) is 4.79 Å². The molecule has 20 heavy (non-hydrogen) atoms. The molecule has 0 aliphatic carbocycles. The number of nitrogens with one attached hydrogen (secondary N) is 1. The molecule has 1 aliphatic rings. The number of amides is 1. The first-order valence-electron chi connectivity index (χ1n) is 6.33. The van der Waals surface area contributed by atoms with Crippen LogP contribution in [0, 0.1) is 0 Å². The summed E-state index contributed by atoms with van der Waals surface area (Å²) in [5.74, 6) is -0.128. The second kappa shape index (κ2) is 5.70. The third kappa shape index (κ3) is 3.22. The number of nitrogens with two attached hydrogens (primary N) is 1. The van der Waals surface area contributed by atoms with Crippen molar-refractivity contribution < 1.29 is 18.0 Å². The summed E-state index contributed by atoms with van der Waals surface area (Å²) in [6, 6.07) is 3.84. The average molecular weight is 287 g/mol. The molecular weight excluding hydrogens is 271 g/mol. The molecule has 4 nitrogen and oxygen atoms in total. The van der Waals surface area contributed by atoms with Crippen molar-refractivity contribution in [3.05, 3.63) is 29.3 Å². The molecule has 1 heterocycles. The Morgan fingerprint density at radius 1 is 1.35 bits per heavy atom. The molecule has 0 unspecified atom stereocenters. The summed E-state index contributed by atoms with van der Waals surface area (Å²) in [4.78, 5) is 13.3. The topological polar surface area (TPSA) is 58.4 Å². The van der Waals surface area contributed by atoms with Crippen LogP contribution >= 0.6 is 0 Å². The highest BCUT2D eigenvalue weighted by molar-refractivity contribution is 5.81. The highest BCUT2D eigenvalue weighted by atomic mass is 19.4. The van der Waals surface area contributed by atoms with E-state index in [4.69, 9.17) is 5.73 Å². The summed E-state index contributed by atoms with van der Waals surface area (Å²) < 4.78 is 38.4. The van der Waals surface area contributed by atoms with Gasteiger partial charge in [0.25, 0.3) is 0 Å². The number of anilines is 1. The van der Waals surface area contributed by atoms with E-state index in [1.165, 1.54) is 12.1 Å². The third-order valence-corrected chi connectivity index (χ3v) is 3.24. The summed E-state index contributed by atoms with van der Waals surface area (Å²) >= 11 is 0. The molecule has 2 rings (SSSR count). The maximum atomic E-state index is 12.8. The Morgan fingerprint density at radius 3 is 2.75 bits per heavy atom. The van der Waals surface area contributed by atoms with Gasteiger partial charge in [-0.05, 0) is 30.2 Å². The number of benzene rings is 1. The number of carbonyl (C=O) groups is 1. The Hall–Kier alpha value is -1.76. The molecule has 0 bridgehead atoms. The van der Waals surface area contributed by atoms with Crippen LogP contribution in [0.15, 0.2) is 18.2 Å². The van der Waals surface area contributed by atoms with E-state index in [1.54, 1.807) is 4.90 Å². The van der Waals surface area contributed by atoms with Crippen LogP contribution in [0.4, 0.5) is 18.9 Å². The lowest BCUT2D eigenvalue weighted by Gasteiger charge is -2.23. The summed E-state index contributed by atoms with van der Waals surface area (Å²) in [5, 5.41) is 2.72. The molecule has 0 aromatic heterocycles. The third-order valence-electron chi connectivity index (χ3n) is 3.24. The zero-order valence-corrected chi connectivity index (χ0v) is 10.8.